The number of rotatable bonds is 2. The van der Waals surface area contributed by atoms with Gasteiger partial charge in [0.15, 0.2) is 5.78 Å². The molecule has 0 bridgehead atoms. The summed E-state index contributed by atoms with van der Waals surface area (Å²) < 4.78 is 6.70. The number of carbonyl (C=O) groups is 1. The van der Waals surface area contributed by atoms with E-state index in [0.29, 0.717) is 6.61 Å². The molecule has 0 N–H and O–H groups in total. The zero-order valence-electron chi connectivity index (χ0n) is 11.8. The second kappa shape index (κ2) is 5.90. The van der Waals surface area contributed by atoms with Crippen molar-refractivity contribution >= 4 is 33.1 Å². The van der Waals surface area contributed by atoms with E-state index in [0.717, 1.165) is 40.1 Å². The van der Waals surface area contributed by atoms with Gasteiger partial charge in [-0.25, -0.2) is 0 Å². The third-order valence-electron chi connectivity index (χ3n) is 3.57. The molecule has 0 aliphatic carbocycles. The summed E-state index contributed by atoms with van der Waals surface area (Å²) >= 11 is 3.44. The Labute approximate surface area is 132 Å². The lowest BCUT2D eigenvalue weighted by atomic mass is 10.1. The number of nitrogens with zero attached hydrogens (tertiary/aromatic N) is 1. The monoisotopic (exact) mass is 345 g/mol. The predicted octanol–water partition coefficient (Wildman–Crippen LogP) is 4.57. The number of ether oxygens (including phenoxy) is 1. The van der Waals surface area contributed by atoms with Gasteiger partial charge < -0.3 is 9.64 Å². The van der Waals surface area contributed by atoms with Crippen molar-refractivity contribution in [1.82, 2.24) is 0 Å². The molecule has 2 aromatic rings. The van der Waals surface area contributed by atoms with Crippen molar-refractivity contribution in [2.24, 2.45) is 0 Å². The summed E-state index contributed by atoms with van der Waals surface area (Å²) in [4.78, 5) is 14.2. The minimum absolute atomic E-state index is 0.0638. The highest BCUT2D eigenvalue weighted by atomic mass is 79.9. The van der Waals surface area contributed by atoms with E-state index in [1.807, 2.05) is 42.5 Å². The Balaban J connectivity index is 2.14. The quantitative estimate of drug-likeness (QED) is 0.746. The minimum atomic E-state index is 0.0638. The summed E-state index contributed by atoms with van der Waals surface area (Å²) in [6.07, 6.45) is 0.919. The molecule has 0 fully saturated rings. The van der Waals surface area contributed by atoms with Crippen LogP contribution in [-0.4, -0.2) is 18.9 Å². The maximum atomic E-state index is 12.0. The maximum absolute atomic E-state index is 12.0. The molecule has 4 heteroatoms. The summed E-state index contributed by atoms with van der Waals surface area (Å²) in [5.74, 6) is 0.932. The number of hydrogen-bond acceptors (Lipinski definition) is 3. The van der Waals surface area contributed by atoms with Gasteiger partial charge in [-0.1, -0.05) is 28.1 Å². The number of anilines is 2. The van der Waals surface area contributed by atoms with Gasteiger partial charge in [-0.15, -0.1) is 0 Å². The predicted molar refractivity (Wildman–Crippen MR) is 87.7 cm³/mol. The Kier molecular flexibility index (Phi) is 3.97. The van der Waals surface area contributed by atoms with Crippen molar-refractivity contribution in [3.8, 4) is 5.75 Å². The van der Waals surface area contributed by atoms with E-state index < -0.39 is 0 Å². The molecule has 0 spiro atoms. The number of halogens is 1. The van der Waals surface area contributed by atoms with Crippen molar-refractivity contribution in [3.05, 3.63) is 52.5 Å². The summed E-state index contributed by atoms with van der Waals surface area (Å²) in [6, 6.07) is 13.8. The summed E-state index contributed by atoms with van der Waals surface area (Å²) in [5, 5.41) is 0. The van der Waals surface area contributed by atoms with E-state index in [-0.39, 0.29) is 5.78 Å². The first-order valence-corrected chi connectivity index (χ1v) is 7.76. The van der Waals surface area contributed by atoms with Gasteiger partial charge in [0.05, 0.1) is 18.0 Å². The Morgan fingerprint density at radius 3 is 2.81 bits per heavy atom. The number of Topliss-reactive ketones (excluding diaryl/α,β-unsaturated/α-hetero) is 1. The van der Waals surface area contributed by atoms with Gasteiger partial charge in [-0.05, 0) is 43.7 Å². The van der Waals surface area contributed by atoms with Gasteiger partial charge in [0.25, 0.3) is 0 Å². The number of para-hydroxylation sites is 2. The highest BCUT2D eigenvalue weighted by Crippen LogP contribution is 2.38. The normalized spacial score (nSPS) is 14.1. The fourth-order valence-electron chi connectivity index (χ4n) is 2.60. The Morgan fingerprint density at radius 2 is 2.00 bits per heavy atom. The standard InChI is InChI=1S/C17H16BrNO2/c1-12(20)14-11-13(18)7-8-15(14)19-9-4-10-21-17-6-3-2-5-16(17)19/h2-3,5-8,11H,4,9-10H2,1H3. The molecule has 3 nitrogen and oxygen atoms in total. The molecule has 0 aromatic heterocycles. The largest absolute Gasteiger partial charge is 0.491 e. The first-order valence-electron chi connectivity index (χ1n) is 6.96. The first kappa shape index (κ1) is 14.1. The molecule has 2 aromatic carbocycles. The Morgan fingerprint density at radius 1 is 1.19 bits per heavy atom. The van der Waals surface area contributed by atoms with Crippen molar-refractivity contribution in [3.63, 3.8) is 0 Å². The smallest absolute Gasteiger partial charge is 0.161 e. The van der Waals surface area contributed by atoms with Crippen LogP contribution in [0.2, 0.25) is 0 Å². The van der Waals surface area contributed by atoms with Crippen LogP contribution in [0.3, 0.4) is 0 Å². The van der Waals surface area contributed by atoms with E-state index in [9.17, 15) is 4.79 Å². The first-order chi connectivity index (χ1) is 10.2. The lowest BCUT2D eigenvalue weighted by molar-refractivity contribution is 0.101. The summed E-state index contributed by atoms with van der Waals surface area (Å²) in [7, 11) is 0. The van der Waals surface area contributed by atoms with Crippen LogP contribution < -0.4 is 9.64 Å². The second-order valence-corrected chi connectivity index (χ2v) is 5.95. The van der Waals surface area contributed by atoms with Crippen LogP contribution in [0.1, 0.15) is 23.7 Å². The summed E-state index contributed by atoms with van der Waals surface area (Å²) in [6.45, 7) is 3.13. The van der Waals surface area contributed by atoms with Crippen molar-refractivity contribution in [2.45, 2.75) is 13.3 Å². The van der Waals surface area contributed by atoms with Crippen LogP contribution >= 0.6 is 15.9 Å². The van der Waals surface area contributed by atoms with Crippen LogP contribution in [-0.2, 0) is 0 Å². The van der Waals surface area contributed by atoms with Gasteiger partial charge in [0.1, 0.15) is 5.75 Å². The van der Waals surface area contributed by atoms with Crippen LogP contribution in [0.5, 0.6) is 5.75 Å². The number of carbonyl (C=O) groups excluding carboxylic acids is 1. The molecule has 3 rings (SSSR count). The second-order valence-electron chi connectivity index (χ2n) is 5.04. The fraction of sp³-hybridized carbons (Fsp3) is 0.235. The van der Waals surface area contributed by atoms with Gasteiger partial charge in [0.2, 0.25) is 0 Å². The number of hydrogen-bond donors (Lipinski definition) is 0. The van der Waals surface area contributed by atoms with Crippen LogP contribution in [0.4, 0.5) is 11.4 Å². The van der Waals surface area contributed by atoms with E-state index in [4.69, 9.17) is 4.74 Å². The Bertz CT molecular complexity index is 684. The maximum Gasteiger partial charge on any atom is 0.161 e. The molecule has 0 radical (unpaired) electrons. The SMILES string of the molecule is CC(=O)c1cc(Br)ccc1N1CCCOc2ccccc21. The van der Waals surface area contributed by atoms with Crippen LogP contribution in [0.25, 0.3) is 0 Å². The lowest BCUT2D eigenvalue weighted by Gasteiger charge is -2.26. The highest BCUT2D eigenvalue weighted by Gasteiger charge is 2.21. The van der Waals surface area contributed by atoms with E-state index in [1.54, 1.807) is 6.92 Å². The van der Waals surface area contributed by atoms with Crippen LogP contribution in [0, 0.1) is 0 Å². The number of ketones is 1. The third kappa shape index (κ3) is 2.81. The molecular formula is C17H16BrNO2. The topological polar surface area (TPSA) is 29.5 Å². The molecule has 0 saturated carbocycles. The molecule has 0 amide bonds. The minimum Gasteiger partial charge on any atom is -0.491 e. The fourth-order valence-corrected chi connectivity index (χ4v) is 2.96. The van der Waals surface area contributed by atoms with Gasteiger partial charge in [-0.3, -0.25) is 4.79 Å². The molecule has 108 valence electrons. The van der Waals surface area contributed by atoms with Crippen molar-refractivity contribution in [1.29, 1.82) is 0 Å². The van der Waals surface area contributed by atoms with E-state index >= 15 is 0 Å². The van der Waals surface area contributed by atoms with Crippen molar-refractivity contribution < 1.29 is 9.53 Å². The molecule has 0 unspecified atom stereocenters. The van der Waals surface area contributed by atoms with Gasteiger partial charge in [-0.2, -0.15) is 0 Å². The zero-order valence-corrected chi connectivity index (χ0v) is 13.4. The van der Waals surface area contributed by atoms with Gasteiger partial charge in [0, 0.05) is 16.6 Å². The van der Waals surface area contributed by atoms with E-state index in [1.165, 1.54) is 0 Å². The van der Waals surface area contributed by atoms with Crippen LogP contribution in [0.15, 0.2) is 46.9 Å². The number of fused-ring (bicyclic) bond motifs is 1. The number of benzene rings is 2. The zero-order chi connectivity index (χ0) is 14.8. The van der Waals surface area contributed by atoms with Crippen molar-refractivity contribution in [2.75, 3.05) is 18.1 Å². The molecule has 1 aliphatic heterocycles. The molecule has 21 heavy (non-hydrogen) atoms. The molecular weight excluding hydrogens is 330 g/mol. The average Bonchev–Trinajstić information content (AvgIpc) is 2.69. The molecule has 1 aliphatic rings. The third-order valence-corrected chi connectivity index (χ3v) is 4.06. The average molecular weight is 346 g/mol. The summed E-state index contributed by atoms with van der Waals surface area (Å²) in [5.41, 5.74) is 2.67. The molecule has 1 heterocycles. The lowest BCUT2D eigenvalue weighted by Crippen LogP contribution is -2.20. The Hall–Kier alpha value is -1.81. The van der Waals surface area contributed by atoms with Gasteiger partial charge >= 0.3 is 0 Å². The highest BCUT2D eigenvalue weighted by molar-refractivity contribution is 9.10. The molecule has 0 atom stereocenters. The van der Waals surface area contributed by atoms with E-state index in [2.05, 4.69) is 20.8 Å². The molecule has 0 saturated heterocycles.